The number of halogens is 1. The summed E-state index contributed by atoms with van der Waals surface area (Å²) in [6.07, 6.45) is 0. The van der Waals surface area contributed by atoms with Gasteiger partial charge in [-0.2, -0.15) is 4.31 Å². The molecule has 1 heterocycles. The molecule has 3 atom stereocenters. The normalized spacial score (nSPS) is 28.5. The molecule has 0 amide bonds. The highest BCUT2D eigenvalue weighted by Gasteiger charge is 2.36. The van der Waals surface area contributed by atoms with Gasteiger partial charge in [0.2, 0.25) is 10.0 Å². The maximum atomic E-state index is 12.2. The molecular weight excluding hydrogens is 264 g/mol. The van der Waals surface area contributed by atoms with Crippen molar-refractivity contribution in [1.82, 2.24) is 9.62 Å². The van der Waals surface area contributed by atoms with Crippen molar-refractivity contribution in [3.05, 3.63) is 0 Å². The SMILES string of the molecule is COCC(C)S(=O)(=O)N1CCNC(C)C1C.Cl. The first-order chi connectivity index (χ1) is 7.41. The highest BCUT2D eigenvalue weighted by Crippen LogP contribution is 2.17. The number of piperazine rings is 1. The maximum absolute atomic E-state index is 12.2. The Morgan fingerprint density at radius 3 is 2.59 bits per heavy atom. The zero-order valence-electron chi connectivity index (χ0n) is 10.8. The summed E-state index contributed by atoms with van der Waals surface area (Å²) < 4.78 is 31.0. The minimum Gasteiger partial charge on any atom is -0.383 e. The molecule has 0 aliphatic carbocycles. The van der Waals surface area contributed by atoms with Gasteiger partial charge in [0, 0.05) is 32.3 Å². The second kappa shape index (κ2) is 6.89. The van der Waals surface area contributed by atoms with Crippen LogP contribution in [0.3, 0.4) is 0 Å². The van der Waals surface area contributed by atoms with Crippen molar-refractivity contribution in [2.24, 2.45) is 0 Å². The largest absolute Gasteiger partial charge is 0.383 e. The Bertz CT molecular complexity index is 324. The van der Waals surface area contributed by atoms with E-state index in [-0.39, 0.29) is 31.1 Å². The fourth-order valence-electron chi connectivity index (χ4n) is 1.94. The van der Waals surface area contributed by atoms with Crippen LogP contribution >= 0.6 is 12.4 Å². The predicted molar refractivity (Wildman–Crippen MR) is 71.1 cm³/mol. The van der Waals surface area contributed by atoms with Crippen LogP contribution in [0.1, 0.15) is 20.8 Å². The Hall–Kier alpha value is 0.120. The monoisotopic (exact) mass is 286 g/mol. The van der Waals surface area contributed by atoms with Gasteiger partial charge in [-0.15, -0.1) is 12.4 Å². The van der Waals surface area contributed by atoms with Gasteiger partial charge in [-0.1, -0.05) is 0 Å². The van der Waals surface area contributed by atoms with Crippen molar-refractivity contribution in [3.8, 4) is 0 Å². The minimum absolute atomic E-state index is 0. The number of hydrogen-bond acceptors (Lipinski definition) is 4. The van der Waals surface area contributed by atoms with Gasteiger partial charge in [0.25, 0.3) is 0 Å². The lowest BCUT2D eigenvalue weighted by Crippen LogP contribution is -2.58. The average Bonchev–Trinajstić information content (AvgIpc) is 2.22. The fraction of sp³-hybridized carbons (Fsp3) is 1.00. The molecule has 104 valence electrons. The van der Waals surface area contributed by atoms with Gasteiger partial charge in [0.05, 0.1) is 11.9 Å². The topological polar surface area (TPSA) is 58.6 Å². The molecule has 1 saturated heterocycles. The molecule has 0 aromatic carbocycles. The highest BCUT2D eigenvalue weighted by molar-refractivity contribution is 7.89. The lowest BCUT2D eigenvalue weighted by atomic mass is 10.1. The van der Waals surface area contributed by atoms with E-state index in [1.807, 2.05) is 13.8 Å². The number of nitrogens with zero attached hydrogens (tertiary/aromatic N) is 1. The number of rotatable bonds is 4. The molecule has 1 fully saturated rings. The number of nitrogens with one attached hydrogen (secondary N) is 1. The van der Waals surface area contributed by atoms with E-state index in [1.165, 1.54) is 7.11 Å². The van der Waals surface area contributed by atoms with Gasteiger partial charge < -0.3 is 10.1 Å². The van der Waals surface area contributed by atoms with Crippen LogP contribution in [0, 0.1) is 0 Å². The third kappa shape index (κ3) is 3.79. The average molecular weight is 287 g/mol. The van der Waals surface area contributed by atoms with E-state index in [9.17, 15) is 8.42 Å². The maximum Gasteiger partial charge on any atom is 0.219 e. The standard InChI is InChI=1S/C10H22N2O3S.ClH/c1-8(7-15-4)16(13,14)12-6-5-11-9(2)10(12)3;/h8-11H,5-7H2,1-4H3;1H. The number of ether oxygens (including phenoxy) is 1. The Labute approximate surface area is 110 Å². The van der Waals surface area contributed by atoms with E-state index in [0.717, 1.165) is 0 Å². The summed E-state index contributed by atoms with van der Waals surface area (Å²) in [7, 11) is -1.71. The molecule has 0 bridgehead atoms. The van der Waals surface area contributed by atoms with Crippen LogP contribution in [0.25, 0.3) is 0 Å². The zero-order valence-corrected chi connectivity index (χ0v) is 12.5. The van der Waals surface area contributed by atoms with E-state index in [0.29, 0.717) is 13.1 Å². The molecule has 17 heavy (non-hydrogen) atoms. The summed E-state index contributed by atoms with van der Waals surface area (Å²) in [5.41, 5.74) is 0. The Kier molecular flexibility index (Phi) is 6.94. The molecule has 0 aromatic rings. The van der Waals surface area contributed by atoms with E-state index in [4.69, 9.17) is 4.74 Å². The smallest absolute Gasteiger partial charge is 0.219 e. The summed E-state index contributed by atoms with van der Waals surface area (Å²) in [6.45, 7) is 7.14. The Balaban J connectivity index is 0.00000256. The molecule has 0 spiro atoms. The Morgan fingerprint density at radius 1 is 1.47 bits per heavy atom. The van der Waals surface area contributed by atoms with Crippen molar-refractivity contribution < 1.29 is 13.2 Å². The Morgan fingerprint density at radius 2 is 2.06 bits per heavy atom. The van der Waals surface area contributed by atoms with Gasteiger partial charge in [0.1, 0.15) is 0 Å². The third-order valence-corrected chi connectivity index (χ3v) is 5.53. The first-order valence-corrected chi connectivity index (χ1v) is 7.14. The van der Waals surface area contributed by atoms with E-state index < -0.39 is 15.3 Å². The lowest BCUT2D eigenvalue weighted by molar-refractivity contribution is 0.190. The third-order valence-electron chi connectivity index (χ3n) is 3.21. The molecule has 5 nitrogen and oxygen atoms in total. The second-order valence-electron chi connectivity index (χ2n) is 4.41. The number of sulfonamides is 1. The van der Waals surface area contributed by atoms with Crippen LogP contribution in [-0.4, -0.2) is 56.9 Å². The quantitative estimate of drug-likeness (QED) is 0.815. The molecule has 1 N–H and O–H groups in total. The number of hydrogen-bond donors (Lipinski definition) is 1. The molecule has 3 unspecified atom stereocenters. The van der Waals surface area contributed by atoms with E-state index >= 15 is 0 Å². The van der Waals surface area contributed by atoms with Crippen LogP contribution < -0.4 is 5.32 Å². The van der Waals surface area contributed by atoms with Crippen molar-refractivity contribution in [3.63, 3.8) is 0 Å². The van der Waals surface area contributed by atoms with Crippen LogP contribution in [0.5, 0.6) is 0 Å². The summed E-state index contributed by atoms with van der Waals surface area (Å²) in [5, 5.41) is 2.79. The first kappa shape index (κ1) is 17.1. The molecule has 0 radical (unpaired) electrons. The lowest BCUT2D eigenvalue weighted by Gasteiger charge is -2.38. The van der Waals surface area contributed by atoms with Crippen LogP contribution in [0.15, 0.2) is 0 Å². The van der Waals surface area contributed by atoms with Gasteiger partial charge in [-0.25, -0.2) is 8.42 Å². The van der Waals surface area contributed by atoms with Gasteiger partial charge >= 0.3 is 0 Å². The minimum atomic E-state index is -3.24. The van der Waals surface area contributed by atoms with Crippen molar-refractivity contribution in [2.45, 2.75) is 38.1 Å². The first-order valence-electron chi connectivity index (χ1n) is 5.64. The fourth-order valence-corrected chi connectivity index (χ4v) is 3.70. The molecule has 1 aliphatic rings. The van der Waals surface area contributed by atoms with Gasteiger partial charge in [-0.05, 0) is 20.8 Å². The molecular formula is C10H23ClN2O3S. The summed E-state index contributed by atoms with van der Waals surface area (Å²) in [6, 6.07) is 0.191. The summed E-state index contributed by atoms with van der Waals surface area (Å²) in [5.74, 6) is 0. The predicted octanol–water partition coefficient (Wildman–Crippen LogP) is 0.455. The molecule has 1 aliphatic heterocycles. The van der Waals surface area contributed by atoms with Crippen molar-refractivity contribution in [2.75, 3.05) is 26.8 Å². The zero-order chi connectivity index (χ0) is 12.3. The van der Waals surface area contributed by atoms with Gasteiger partial charge in [0.15, 0.2) is 0 Å². The van der Waals surface area contributed by atoms with Crippen LogP contribution in [0.4, 0.5) is 0 Å². The van der Waals surface area contributed by atoms with Crippen molar-refractivity contribution >= 4 is 22.4 Å². The molecule has 0 saturated carbocycles. The van der Waals surface area contributed by atoms with Crippen LogP contribution in [-0.2, 0) is 14.8 Å². The number of methoxy groups -OCH3 is 1. The molecule has 1 rings (SSSR count). The van der Waals surface area contributed by atoms with Crippen molar-refractivity contribution in [1.29, 1.82) is 0 Å². The van der Waals surface area contributed by atoms with Gasteiger partial charge in [-0.3, -0.25) is 0 Å². The van der Waals surface area contributed by atoms with E-state index in [1.54, 1.807) is 11.2 Å². The van der Waals surface area contributed by atoms with Crippen LogP contribution in [0.2, 0.25) is 0 Å². The van der Waals surface area contributed by atoms with E-state index in [2.05, 4.69) is 5.32 Å². The summed E-state index contributed by atoms with van der Waals surface area (Å²) in [4.78, 5) is 0. The molecule has 0 aromatic heterocycles. The second-order valence-corrected chi connectivity index (χ2v) is 6.71. The molecule has 7 heteroatoms. The summed E-state index contributed by atoms with van der Waals surface area (Å²) >= 11 is 0. The highest BCUT2D eigenvalue weighted by atomic mass is 35.5.